The molecule has 2 aromatic rings. The highest BCUT2D eigenvalue weighted by atomic mass is 19.4. The van der Waals surface area contributed by atoms with Crippen LogP contribution in [0.5, 0.6) is 11.6 Å². The topological polar surface area (TPSA) is 58.8 Å². The van der Waals surface area contributed by atoms with Crippen molar-refractivity contribution in [2.45, 2.75) is 6.18 Å². The molecule has 0 spiro atoms. The summed E-state index contributed by atoms with van der Waals surface area (Å²) in [6, 6.07) is 6.48. The summed E-state index contributed by atoms with van der Waals surface area (Å²) < 4.78 is 55.6. The van der Waals surface area contributed by atoms with Crippen molar-refractivity contribution in [1.29, 1.82) is 5.26 Å². The predicted octanol–water partition coefficient (Wildman–Crippen LogP) is 3.30. The zero-order chi connectivity index (χ0) is 14.8. The number of alkyl halides is 3. The molecule has 1 aromatic carbocycles. The molecule has 8 heteroatoms. The highest BCUT2D eigenvalue weighted by Crippen LogP contribution is 2.34. The zero-order valence-corrected chi connectivity index (χ0v) is 9.65. The maximum Gasteiger partial charge on any atom is 0.419 e. The van der Waals surface area contributed by atoms with Crippen molar-refractivity contribution >= 4 is 0 Å². The van der Waals surface area contributed by atoms with E-state index in [2.05, 4.69) is 10.2 Å². The fourth-order valence-electron chi connectivity index (χ4n) is 1.34. The van der Waals surface area contributed by atoms with Crippen LogP contribution < -0.4 is 4.74 Å². The third-order valence-corrected chi connectivity index (χ3v) is 2.22. The van der Waals surface area contributed by atoms with Gasteiger partial charge in [0.25, 0.3) is 0 Å². The van der Waals surface area contributed by atoms with E-state index in [0.717, 1.165) is 6.07 Å². The number of halogens is 4. The number of hydrogen-bond acceptors (Lipinski definition) is 4. The molecule has 0 fully saturated rings. The third kappa shape index (κ3) is 3.00. The van der Waals surface area contributed by atoms with Crippen LogP contribution >= 0.6 is 0 Å². The predicted molar refractivity (Wildman–Crippen MR) is 58.2 cm³/mol. The summed E-state index contributed by atoms with van der Waals surface area (Å²) in [6.07, 6.45) is -4.82. The monoisotopic (exact) mass is 283 g/mol. The molecule has 0 atom stereocenters. The Morgan fingerprint density at radius 1 is 1.10 bits per heavy atom. The maximum atomic E-state index is 13.1. The van der Waals surface area contributed by atoms with Crippen LogP contribution in [-0.2, 0) is 6.18 Å². The van der Waals surface area contributed by atoms with Crippen molar-refractivity contribution in [3.63, 3.8) is 0 Å². The molecule has 20 heavy (non-hydrogen) atoms. The molecule has 0 bridgehead atoms. The van der Waals surface area contributed by atoms with E-state index in [-0.39, 0.29) is 17.3 Å². The zero-order valence-electron chi connectivity index (χ0n) is 9.65. The summed E-state index contributed by atoms with van der Waals surface area (Å²) in [5, 5.41) is 15.5. The summed E-state index contributed by atoms with van der Waals surface area (Å²) in [6.45, 7) is 0. The quantitative estimate of drug-likeness (QED) is 0.793. The van der Waals surface area contributed by atoms with E-state index in [1.54, 1.807) is 6.07 Å². The van der Waals surface area contributed by atoms with Crippen molar-refractivity contribution in [1.82, 2.24) is 10.2 Å². The van der Waals surface area contributed by atoms with Crippen LogP contribution in [0.15, 0.2) is 30.3 Å². The minimum atomic E-state index is -4.82. The van der Waals surface area contributed by atoms with Crippen LogP contribution in [0.1, 0.15) is 11.3 Å². The Balaban J connectivity index is 2.28. The number of benzene rings is 1. The van der Waals surface area contributed by atoms with Crippen LogP contribution in [0.4, 0.5) is 17.6 Å². The van der Waals surface area contributed by atoms with Gasteiger partial charge in [0.1, 0.15) is 17.6 Å². The molecule has 2 rings (SSSR count). The van der Waals surface area contributed by atoms with Gasteiger partial charge in [-0.15, -0.1) is 10.2 Å². The first-order valence-corrected chi connectivity index (χ1v) is 5.18. The maximum absolute atomic E-state index is 13.1. The lowest BCUT2D eigenvalue weighted by molar-refractivity contribution is -0.140. The first-order chi connectivity index (χ1) is 9.40. The normalized spacial score (nSPS) is 10.9. The second-order valence-corrected chi connectivity index (χ2v) is 3.61. The number of ether oxygens (including phenoxy) is 1. The van der Waals surface area contributed by atoms with E-state index in [1.807, 2.05) is 0 Å². The smallest absolute Gasteiger partial charge is 0.419 e. The van der Waals surface area contributed by atoms with Gasteiger partial charge >= 0.3 is 6.18 Å². The summed E-state index contributed by atoms with van der Waals surface area (Å²) >= 11 is 0. The average Bonchev–Trinajstić information content (AvgIpc) is 2.40. The first kappa shape index (κ1) is 13.7. The molecule has 0 radical (unpaired) electrons. The van der Waals surface area contributed by atoms with Crippen molar-refractivity contribution < 1.29 is 22.3 Å². The molecule has 0 amide bonds. The van der Waals surface area contributed by atoms with Gasteiger partial charge in [-0.25, -0.2) is 4.39 Å². The lowest BCUT2D eigenvalue weighted by atomic mass is 10.2. The first-order valence-electron chi connectivity index (χ1n) is 5.18. The van der Waals surface area contributed by atoms with Gasteiger partial charge in [-0.05, 0) is 24.3 Å². The van der Waals surface area contributed by atoms with Gasteiger partial charge in [-0.3, -0.25) is 0 Å². The number of hydrogen-bond donors (Lipinski definition) is 0. The molecule has 0 aliphatic heterocycles. The van der Waals surface area contributed by atoms with Crippen LogP contribution in [0.25, 0.3) is 0 Å². The molecule has 1 heterocycles. The molecular weight excluding hydrogens is 278 g/mol. The molecule has 1 aromatic heterocycles. The molecular formula is C12H5F4N3O. The summed E-state index contributed by atoms with van der Waals surface area (Å²) in [5.74, 6) is -1.74. The van der Waals surface area contributed by atoms with Gasteiger partial charge in [-0.2, -0.15) is 18.4 Å². The largest absolute Gasteiger partial charge is 0.438 e. The second kappa shape index (κ2) is 5.13. The van der Waals surface area contributed by atoms with Crippen LogP contribution in [0.3, 0.4) is 0 Å². The van der Waals surface area contributed by atoms with E-state index in [0.29, 0.717) is 12.1 Å². The van der Waals surface area contributed by atoms with Crippen molar-refractivity contribution in [3.05, 3.63) is 47.4 Å². The van der Waals surface area contributed by atoms with E-state index in [1.165, 1.54) is 12.1 Å². The Bertz CT molecular complexity index is 662. The Morgan fingerprint density at radius 3 is 2.40 bits per heavy atom. The molecule has 0 saturated carbocycles. The van der Waals surface area contributed by atoms with Crippen LogP contribution in [0.2, 0.25) is 0 Å². The van der Waals surface area contributed by atoms with E-state index >= 15 is 0 Å². The Kier molecular flexibility index (Phi) is 3.52. The fourth-order valence-corrected chi connectivity index (χ4v) is 1.34. The Labute approximate surface area is 110 Å². The van der Waals surface area contributed by atoms with Crippen molar-refractivity contribution in [3.8, 4) is 17.7 Å². The van der Waals surface area contributed by atoms with Gasteiger partial charge in [0.2, 0.25) is 5.88 Å². The standard InChI is InChI=1S/C12H5F4N3O/c13-10-3-2-8(5-9(10)12(14,15)16)20-11-4-1-7(6-17)18-19-11/h1-5H. The minimum Gasteiger partial charge on any atom is -0.438 e. The van der Waals surface area contributed by atoms with Gasteiger partial charge in [0.05, 0.1) is 5.56 Å². The van der Waals surface area contributed by atoms with Crippen LogP contribution in [-0.4, -0.2) is 10.2 Å². The minimum absolute atomic E-state index is 0.0347. The molecule has 0 aliphatic carbocycles. The van der Waals surface area contributed by atoms with E-state index < -0.39 is 17.6 Å². The average molecular weight is 283 g/mol. The van der Waals surface area contributed by atoms with Crippen molar-refractivity contribution in [2.75, 3.05) is 0 Å². The molecule has 0 N–H and O–H groups in total. The highest BCUT2D eigenvalue weighted by Gasteiger charge is 2.34. The highest BCUT2D eigenvalue weighted by molar-refractivity contribution is 5.34. The molecule has 102 valence electrons. The van der Waals surface area contributed by atoms with E-state index in [4.69, 9.17) is 10.00 Å². The molecule has 4 nitrogen and oxygen atoms in total. The number of nitrogens with zero attached hydrogens (tertiary/aromatic N) is 3. The Morgan fingerprint density at radius 2 is 1.85 bits per heavy atom. The fraction of sp³-hybridized carbons (Fsp3) is 0.0833. The number of rotatable bonds is 2. The van der Waals surface area contributed by atoms with Crippen LogP contribution in [0, 0.1) is 17.1 Å². The SMILES string of the molecule is N#Cc1ccc(Oc2ccc(F)c(C(F)(F)F)c2)nn1. The van der Waals surface area contributed by atoms with Gasteiger partial charge in [0, 0.05) is 6.07 Å². The third-order valence-electron chi connectivity index (χ3n) is 2.22. The Hall–Kier alpha value is -2.69. The summed E-state index contributed by atoms with van der Waals surface area (Å²) in [7, 11) is 0. The lowest BCUT2D eigenvalue weighted by Crippen LogP contribution is -2.08. The lowest BCUT2D eigenvalue weighted by Gasteiger charge is -2.10. The molecule has 0 unspecified atom stereocenters. The van der Waals surface area contributed by atoms with E-state index in [9.17, 15) is 17.6 Å². The van der Waals surface area contributed by atoms with Crippen molar-refractivity contribution in [2.24, 2.45) is 0 Å². The van der Waals surface area contributed by atoms with Gasteiger partial charge in [-0.1, -0.05) is 0 Å². The number of nitriles is 1. The van der Waals surface area contributed by atoms with Gasteiger partial charge in [0.15, 0.2) is 5.69 Å². The molecule has 0 saturated heterocycles. The second-order valence-electron chi connectivity index (χ2n) is 3.61. The molecule has 0 aliphatic rings. The summed E-state index contributed by atoms with van der Waals surface area (Å²) in [4.78, 5) is 0. The number of aromatic nitrogens is 2. The van der Waals surface area contributed by atoms with Gasteiger partial charge < -0.3 is 4.74 Å². The summed E-state index contributed by atoms with van der Waals surface area (Å²) in [5.41, 5.74) is -1.40.